The van der Waals surface area contributed by atoms with E-state index >= 15 is 0 Å². The molecule has 2 nitrogen and oxygen atoms in total. The minimum absolute atomic E-state index is 0.850. The predicted molar refractivity (Wildman–Crippen MR) is 59.7 cm³/mol. The molecule has 78 valence electrons. The molecule has 1 aromatic carbocycles. The molecule has 0 aliphatic rings. The van der Waals surface area contributed by atoms with Crippen molar-refractivity contribution in [1.29, 1.82) is 0 Å². The predicted octanol–water partition coefficient (Wildman–Crippen LogP) is 3.16. The molecule has 0 fully saturated rings. The van der Waals surface area contributed by atoms with Crippen LogP contribution in [0.25, 0.3) is 0 Å². The maximum absolute atomic E-state index is 5.41. The molecule has 0 spiro atoms. The smallest absolute Gasteiger partial charge is 0.194 e. The maximum atomic E-state index is 5.41. The normalized spacial score (nSPS) is 10.5. The summed E-state index contributed by atoms with van der Waals surface area (Å²) in [6.07, 6.45) is 4.87. The number of hydrogen-bond donors (Lipinski definition) is 0. The van der Waals surface area contributed by atoms with E-state index < -0.39 is 0 Å². The standard InChI is InChI=1S/C13H15NO/c1-11-10-14-13(15-11)9-5-8-12-6-3-2-4-7-12/h2-4,6-7,10H,5,8-9H2,1H3. The van der Waals surface area contributed by atoms with Crippen LogP contribution in [0.4, 0.5) is 0 Å². The number of hydrogen-bond acceptors (Lipinski definition) is 2. The molecule has 0 aliphatic carbocycles. The van der Waals surface area contributed by atoms with Crippen LogP contribution < -0.4 is 0 Å². The van der Waals surface area contributed by atoms with E-state index in [1.165, 1.54) is 5.56 Å². The number of benzene rings is 1. The molecule has 0 unspecified atom stereocenters. The van der Waals surface area contributed by atoms with Crippen LogP contribution in [0.3, 0.4) is 0 Å². The molecular weight excluding hydrogens is 186 g/mol. The molecule has 15 heavy (non-hydrogen) atoms. The molecule has 1 heterocycles. The van der Waals surface area contributed by atoms with E-state index in [0.717, 1.165) is 30.9 Å². The van der Waals surface area contributed by atoms with Crippen LogP contribution in [0.15, 0.2) is 40.9 Å². The lowest BCUT2D eigenvalue weighted by Crippen LogP contribution is -1.89. The van der Waals surface area contributed by atoms with E-state index in [-0.39, 0.29) is 0 Å². The maximum Gasteiger partial charge on any atom is 0.194 e. The number of nitrogens with zero attached hydrogens (tertiary/aromatic N) is 1. The SMILES string of the molecule is Cc1cnc(CCCc2ccccc2)o1. The first kappa shape index (κ1) is 9.97. The summed E-state index contributed by atoms with van der Waals surface area (Å²) in [5.74, 6) is 1.74. The summed E-state index contributed by atoms with van der Waals surface area (Å²) in [7, 11) is 0. The Morgan fingerprint density at radius 1 is 1.13 bits per heavy atom. The number of aromatic nitrogens is 1. The molecule has 0 atom stereocenters. The summed E-state index contributed by atoms with van der Waals surface area (Å²) >= 11 is 0. The van der Waals surface area contributed by atoms with Gasteiger partial charge in [0, 0.05) is 6.42 Å². The van der Waals surface area contributed by atoms with E-state index in [1.54, 1.807) is 6.20 Å². The van der Waals surface area contributed by atoms with Gasteiger partial charge in [0.25, 0.3) is 0 Å². The number of aryl methyl sites for hydroxylation is 3. The van der Waals surface area contributed by atoms with Gasteiger partial charge in [-0.05, 0) is 25.3 Å². The van der Waals surface area contributed by atoms with Crippen molar-refractivity contribution in [1.82, 2.24) is 4.98 Å². The third-order valence-electron chi connectivity index (χ3n) is 2.37. The first-order valence-electron chi connectivity index (χ1n) is 5.30. The summed E-state index contributed by atoms with van der Waals surface area (Å²) in [6.45, 7) is 1.92. The zero-order valence-electron chi connectivity index (χ0n) is 8.94. The molecule has 0 N–H and O–H groups in total. The summed E-state index contributed by atoms with van der Waals surface area (Å²) in [5, 5.41) is 0. The molecule has 0 radical (unpaired) electrons. The second kappa shape index (κ2) is 4.78. The monoisotopic (exact) mass is 201 g/mol. The van der Waals surface area contributed by atoms with Crippen molar-refractivity contribution in [2.24, 2.45) is 0 Å². The van der Waals surface area contributed by atoms with Crippen LogP contribution in [0.5, 0.6) is 0 Å². The Balaban J connectivity index is 1.80. The van der Waals surface area contributed by atoms with Crippen molar-refractivity contribution >= 4 is 0 Å². The number of rotatable bonds is 4. The average Bonchev–Trinajstić information content (AvgIpc) is 2.66. The topological polar surface area (TPSA) is 26.0 Å². The zero-order chi connectivity index (χ0) is 10.5. The summed E-state index contributed by atoms with van der Waals surface area (Å²) in [5.41, 5.74) is 1.38. The van der Waals surface area contributed by atoms with E-state index in [2.05, 4.69) is 29.2 Å². The van der Waals surface area contributed by atoms with Gasteiger partial charge in [-0.25, -0.2) is 4.98 Å². The molecule has 0 aliphatic heterocycles. The highest BCUT2D eigenvalue weighted by Crippen LogP contribution is 2.08. The van der Waals surface area contributed by atoms with Gasteiger partial charge < -0.3 is 4.42 Å². The Bertz CT molecular complexity index is 405. The Hall–Kier alpha value is -1.57. The fourth-order valence-electron chi connectivity index (χ4n) is 1.61. The van der Waals surface area contributed by atoms with Gasteiger partial charge in [-0.1, -0.05) is 30.3 Å². The second-order valence-corrected chi connectivity index (χ2v) is 3.70. The van der Waals surface area contributed by atoms with E-state index in [0.29, 0.717) is 0 Å². The molecule has 2 rings (SSSR count). The summed E-state index contributed by atoms with van der Waals surface area (Å²) < 4.78 is 5.41. The van der Waals surface area contributed by atoms with Gasteiger partial charge in [-0.15, -0.1) is 0 Å². The lowest BCUT2D eigenvalue weighted by atomic mass is 10.1. The zero-order valence-corrected chi connectivity index (χ0v) is 8.94. The third kappa shape index (κ3) is 2.94. The molecule has 1 aromatic heterocycles. The molecule has 0 bridgehead atoms. The van der Waals surface area contributed by atoms with E-state index in [9.17, 15) is 0 Å². The van der Waals surface area contributed by atoms with E-state index in [4.69, 9.17) is 4.42 Å². The Kier molecular flexibility index (Phi) is 3.18. The highest BCUT2D eigenvalue weighted by Gasteiger charge is 2.00. The quantitative estimate of drug-likeness (QED) is 0.759. The van der Waals surface area contributed by atoms with Crippen LogP contribution in [0.2, 0.25) is 0 Å². The lowest BCUT2D eigenvalue weighted by Gasteiger charge is -1.98. The molecule has 2 heteroatoms. The largest absolute Gasteiger partial charge is 0.446 e. The van der Waals surface area contributed by atoms with E-state index in [1.807, 2.05) is 13.0 Å². The Labute approximate surface area is 90.0 Å². The highest BCUT2D eigenvalue weighted by molar-refractivity contribution is 5.14. The van der Waals surface area contributed by atoms with Crippen molar-refractivity contribution in [2.75, 3.05) is 0 Å². The van der Waals surface area contributed by atoms with Crippen LogP contribution in [-0.4, -0.2) is 4.98 Å². The molecule has 0 amide bonds. The van der Waals surface area contributed by atoms with Gasteiger partial charge in [-0.3, -0.25) is 0 Å². The van der Waals surface area contributed by atoms with Gasteiger partial charge in [0.2, 0.25) is 0 Å². The molecule has 0 saturated carbocycles. The average molecular weight is 201 g/mol. The fourth-order valence-corrected chi connectivity index (χ4v) is 1.61. The van der Waals surface area contributed by atoms with Crippen molar-refractivity contribution in [3.05, 3.63) is 53.7 Å². The highest BCUT2D eigenvalue weighted by atomic mass is 16.3. The minimum Gasteiger partial charge on any atom is -0.446 e. The van der Waals surface area contributed by atoms with Gasteiger partial charge in [0.15, 0.2) is 5.89 Å². The van der Waals surface area contributed by atoms with Crippen LogP contribution >= 0.6 is 0 Å². The van der Waals surface area contributed by atoms with Crippen molar-refractivity contribution < 1.29 is 4.42 Å². The minimum atomic E-state index is 0.850. The van der Waals surface area contributed by atoms with Crippen molar-refractivity contribution in [3.8, 4) is 0 Å². The first-order valence-corrected chi connectivity index (χ1v) is 5.30. The van der Waals surface area contributed by atoms with Gasteiger partial charge in [0.1, 0.15) is 5.76 Å². The summed E-state index contributed by atoms with van der Waals surface area (Å²) in [6, 6.07) is 10.5. The molecule has 2 aromatic rings. The molecular formula is C13H15NO. The fraction of sp³-hybridized carbons (Fsp3) is 0.308. The second-order valence-electron chi connectivity index (χ2n) is 3.70. The first-order chi connectivity index (χ1) is 7.34. The van der Waals surface area contributed by atoms with Crippen LogP contribution in [0.1, 0.15) is 23.6 Å². The summed E-state index contributed by atoms with van der Waals surface area (Å²) in [4.78, 5) is 4.18. The Morgan fingerprint density at radius 3 is 2.60 bits per heavy atom. The van der Waals surface area contributed by atoms with Crippen LogP contribution in [0, 0.1) is 6.92 Å². The van der Waals surface area contributed by atoms with Gasteiger partial charge >= 0.3 is 0 Å². The third-order valence-corrected chi connectivity index (χ3v) is 2.37. The van der Waals surface area contributed by atoms with Crippen molar-refractivity contribution in [3.63, 3.8) is 0 Å². The van der Waals surface area contributed by atoms with Gasteiger partial charge in [-0.2, -0.15) is 0 Å². The number of oxazole rings is 1. The molecule has 0 saturated heterocycles. The van der Waals surface area contributed by atoms with Gasteiger partial charge in [0.05, 0.1) is 6.20 Å². The Morgan fingerprint density at radius 2 is 1.93 bits per heavy atom. The lowest BCUT2D eigenvalue weighted by molar-refractivity contribution is 0.465. The van der Waals surface area contributed by atoms with Crippen molar-refractivity contribution in [2.45, 2.75) is 26.2 Å². The van der Waals surface area contributed by atoms with Crippen LogP contribution in [-0.2, 0) is 12.8 Å².